The summed E-state index contributed by atoms with van der Waals surface area (Å²) in [6.45, 7) is 6.52. The molecule has 1 saturated heterocycles. The Hall–Kier alpha value is -3.00. The fourth-order valence-electron chi connectivity index (χ4n) is 3.38. The van der Waals surface area contributed by atoms with E-state index in [1.54, 1.807) is 24.5 Å². The zero-order chi connectivity index (χ0) is 18.8. The lowest BCUT2D eigenvalue weighted by Gasteiger charge is -2.36. The van der Waals surface area contributed by atoms with Crippen LogP contribution >= 0.6 is 11.3 Å². The Morgan fingerprint density at radius 2 is 1.74 bits per heavy atom. The third kappa shape index (κ3) is 3.12. The van der Waals surface area contributed by atoms with E-state index >= 15 is 0 Å². The fraction of sp³-hybridized carbons (Fsp3) is 0.263. The Kier molecular flexibility index (Phi) is 4.72. The van der Waals surface area contributed by atoms with Crippen LogP contribution in [0.4, 0.5) is 5.95 Å². The molecule has 2 aromatic heterocycles. The van der Waals surface area contributed by atoms with Gasteiger partial charge in [0.05, 0.1) is 5.57 Å². The van der Waals surface area contributed by atoms with Crippen molar-refractivity contribution in [3.05, 3.63) is 59.2 Å². The number of hydrogen-bond acceptors (Lipinski definition) is 7. The maximum absolute atomic E-state index is 13.0. The first-order chi connectivity index (χ1) is 13.2. The Balaban J connectivity index is 1.61. The van der Waals surface area contributed by atoms with Gasteiger partial charge >= 0.3 is 0 Å². The molecule has 1 fully saturated rings. The second kappa shape index (κ2) is 7.32. The van der Waals surface area contributed by atoms with Gasteiger partial charge in [-0.2, -0.15) is 0 Å². The Morgan fingerprint density at radius 1 is 1.04 bits per heavy atom. The summed E-state index contributed by atoms with van der Waals surface area (Å²) in [4.78, 5) is 40.6. The third-order valence-corrected chi connectivity index (χ3v) is 5.54. The highest BCUT2D eigenvalue weighted by Crippen LogP contribution is 2.34. The highest BCUT2D eigenvalue weighted by molar-refractivity contribution is 7.11. The topological polar surface area (TPSA) is 69.6 Å². The van der Waals surface area contributed by atoms with Gasteiger partial charge in [0.15, 0.2) is 0 Å². The molecule has 2 amide bonds. The first-order valence-corrected chi connectivity index (χ1v) is 9.61. The largest absolute Gasteiger partial charge is 0.363 e. The van der Waals surface area contributed by atoms with Crippen molar-refractivity contribution in [3.63, 3.8) is 0 Å². The lowest BCUT2D eigenvalue weighted by Crippen LogP contribution is -2.48. The summed E-state index contributed by atoms with van der Waals surface area (Å²) >= 11 is 1.47. The van der Waals surface area contributed by atoms with Gasteiger partial charge in [-0.25, -0.2) is 9.97 Å². The molecule has 0 atom stereocenters. The van der Waals surface area contributed by atoms with Crippen molar-refractivity contribution >= 4 is 34.7 Å². The van der Waals surface area contributed by atoms with Crippen LogP contribution in [0.1, 0.15) is 4.88 Å². The Bertz CT molecular complexity index is 886. The number of rotatable bonds is 5. The van der Waals surface area contributed by atoms with Crippen molar-refractivity contribution in [2.24, 2.45) is 0 Å². The van der Waals surface area contributed by atoms with E-state index in [4.69, 9.17) is 0 Å². The first kappa shape index (κ1) is 17.4. The van der Waals surface area contributed by atoms with E-state index in [2.05, 4.69) is 21.4 Å². The molecule has 2 aromatic rings. The van der Waals surface area contributed by atoms with Gasteiger partial charge < -0.3 is 9.80 Å². The van der Waals surface area contributed by atoms with E-state index in [9.17, 15) is 9.59 Å². The number of thiophene rings is 1. The van der Waals surface area contributed by atoms with Gasteiger partial charge in [-0.1, -0.05) is 12.1 Å². The standard InChI is InChI=1S/C19H19N5O2S/c1-2-8-24-17(25)15(14-5-3-13-27-14)16(18(24)26)22-9-11-23(12-10-22)19-20-6-4-7-21-19/h2-7,13H,1,8-12H2. The van der Waals surface area contributed by atoms with Gasteiger partial charge in [0.25, 0.3) is 11.8 Å². The molecule has 7 nitrogen and oxygen atoms in total. The van der Waals surface area contributed by atoms with Crippen LogP contribution in [-0.4, -0.2) is 64.3 Å². The molecule has 4 rings (SSSR count). The monoisotopic (exact) mass is 381 g/mol. The van der Waals surface area contributed by atoms with Crippen molar-refractivity contribution in [1.29, 1.82) is 0 Å². The van der Waals surface area contributed by atoms with Crippen molar-refractivity contribution in [2.45, 2.75) is 0 Å². The number of amides is 2. The lowest BCUT2D eigenvalue weighted by atomic mass is 10.1. The maximum atomic E-state index is 13.0. The summed E-state index contributed by atoms with van der Waals surface area (Å²) in [5, 5.41) is 1.92. The number of nitrogens with zero attached hydrogens (tertiary/aromatic N) is 5. The van der Waals surface area contributed by atoms with Crippen LogP contribution in [0.5, 0.6) is 0 Å². The van der Waals surface area contributed by atoms with Crippen molar-refractivity contribution in [2.75, 3.05) is 37.6 Å². The van der Waals surface area contributed by atoms with E-state index < -0.39 is 0 Å². The van der Waals surface area contributed by atoms with Crippen molar-refractivity contribution < 1.29 is 9.59 Å². The van der Waals surface area contributed by atoms with Gasteiger partial charge in [0, 0.05) is 50.0 Å². The van der Waals surface area contributed by atoms with Crippen LogP contribution in [0.25, 0.3) is 5.57 Å². The molecule has 0 aromatic carbocycles. The average Bonchev–Trinajstić information content (AvgIpc) is 3.31. The average molecular weight is 381 g/mol. The Morgan fingerprint density at radius 3 is 2.37 bits per heavy atom. The summed E-state index contributed by atoms with van der Waals surface area (Å²) in [7, 11) is 0. The number of aromatic nitrogens is 2. The van der Waals surface area contributed by atoms with Crippen LogP contribution in [0.2, 0.25) is 0 Å². The number of anilines is 1. The van der Waals surface area contributed by atoms with Gasteiger partial charge in [0.1, 0.15) is 5.70 Å². The highest BCUT2D eigenvalue weighted by atomic mass is 32.1. The molecule has 4 heterocycles. The molecule has 0 saturated carbocycles. The summed E-state index contributed by atoms with van der Waals surface area (Å²) < 4.78 is 0. The molecular formula is C19H19N5O2S. The third-order valence-electron chi connectivity index (χ3n) is 4.65. The minimum atomic E-state index is -0.244. The van der Waals surface area contributed by atoms with E-state index in [1.807, 2.05) is 22.4 Å². The molecule has 0 spiro atoms. The predicted octanol–water partition coefficient (Wildman–Crippen LogP) is 1.63. The Labute approximate surface area is 161 Å². The normalized spacial score (nSPS) is 17.9. The minimum Gasteiger partial charge on any atom is -0.363 e. The van der Waals surface area contributed by atoms with Gasteiger partial charge in [-0.15, -0.1) is 17.9 Å². The molecule has 0 bridgehead atoms. The van der Waals surface area contributed by atoms with Crippen LogP contribution in [-0.2, 0) is 9.59 Å². The molecule has 27 heavy (non-hydrogen) atoms. The van der Waals surface area contributed by atoms with Crippen LogP contribution in [0.15, 0.2) is 54.3 Å². The molecule has 2 aliphatic rings. The second-order valence-corrected chi connectivity index (χ2v) is 7.18. The van der Waals surface area contributed by atoms with Crippen LogP contribution in [0, 0.1) is 0 Å². The quantitative estimate of drug-likeness (QED) is 0.579. The fourth-order valence-corrected chi connectivity index (χ4v) is 4.14. The SMILES string of the molecule is C=CCN1C(=O)C(c2cccs2)=C(N2CCN(c3ncccn3)CC2)C1=O. The summed E-state index contributed by atoms with van der Waals surface area (Å²) in [6.07, 6.45) is 5.02. The van der Waals surface area contributed by atoms with Gasteiger partial charge in [0.2, 0.25) is 5.95 Å². The molecule has 138 valence electrons. The zero-order valence-electron chi connectivity index (χ0n) is 14.7. The summed E-state index contributed by atoms with van der Waals surface area (Å²) in [5.41, 5.74) is 0.999. The van der Waals surface area contributed by atoms with E-state index in [0.717, 1.165) is 4.88 Å². The van der Waals surface area contributed by atoms with Crippen LogP contribution < -0.4 is 4.90 Å². The van der Waals surface area contributed by atoms with E-state index in [-0.39, 0.29) is 18.4 Å². The number of imide groups is 1. The molecule has 0 unspecified atom stereocenters. The molecule has 0 aliphatic carbocycles. The number of piperazine rings is 1. The maximum Gasteiger partial charge on any atom is 0.278 e. The molecule has 8 heteroatoms. The lowest BCUT2D eigenvalue weighted by molar-refractivity contribution is -0.136. The van der Waals surface area contributed by atoms with E-state index in [0.29, 0.717) is 43.4 Å². The molecule has 0 N–H and O–H groups in total. The summed E-state index contributed by atoms with van der Waals surface area (Å²) in [6, 6.07) is 5.56. The molecule has 0 radical (unpaired) electrons. The molecule has 2 aliphatic heterocycles. The highest BCUT2D eigenvalue weighted by Gasteiger charge is 2.42. The zero-order valence-corrected chi connectivity index (χ0v) is 15.6. The summed E-state index contributed by atoms with van der Waals surface area (Å²) in [5.74, 6) is 0.200. The van der Waals surface area contributed by atoms with Crippen LogP contribution in [0.3, 0.4) is 0 Å². The first-order valence-electron chi connectivity index (χ1n) is 8.73. The molecular weight excluding hydrogens is 362 g/mol. The van der Waals surface area contributed by atoms with Gasteiger partial charge in [-0.3, -0.25) is 14.5 Å². The number of carbonyl (C=O) groups excluding carboxylic acids is 2. The smallest absolute Gasteiger partial charge is 0.278 e. The second-order valence-electron chi connectivity index (χ2n) is 6.23. The predicted molar refractivity (Wildman–Crippen MR) is 104 cm³/mol. The number of hydrogen-bond donors (Lipinski definition) is 0. The van der Waals surface area contributed by atoms with E-state index in [1.165, 1.54) is 16.2 Å². The number of carbonyl (C=O) groups is 2. The van der Waals surface area contributed by atoms with Gasteiger partial charge in [-0.05, 0) is 17.5 Å². The van der Waals surface area contributed by atoms with Crippen molar-refractivity contribution in [1.82, 2.24) is 19.8 Å². The minimum absolute atomic E-state index is 0.216. The van der Waals surface area contributed by atoms with Crippen molar-refractivity contribution in [3.8, 4) is 0 Å².